The number of nitriles is 1. The molecule has 1 fully saturated rings. The lowest BCUT2D eigenvalue weighted by atomic mass is 10.2. The van der Waals surface area contributed by atoms with Gasteiger partial charge < -0.3 is 15.4 Å². The number of nitrogens with two attached hydrogens (primary N) is 1. The van der Waals surface area contributed by atoms with Crippen molar-refractivity contribution in [3.05, 3.63) is 0 Å². The van der Waals surface area contributed by atoms with E-state index in [1.807, 2.05) is 0 Å². The van der Waals surface area contributed by atoms with Crippen LogP contribution in [0.5, 0.6) is 0 Å². The molecule has 94 valence electrons. The number of carbonyl (C=O) groups excluding carboxylic acids is 2. The maximum absolute atomic E-state index is 13.0. The van der Waals surface area contributed by atoms with Gasteiger partial charge in [0.1, 0.15) is 6.04 Å². The fourth-order valence-corrected chi connectivity index (χ4v) is 1.62. The highest BCUT2D eigenvalue weighted by Gasteiger charge is 2.48. The van der Waals surface area contributed by atoms with Crippen LogP contribution in [0.2, 0.25) is 0 Å². The molecule has 8 heteroatoms. The quantitative estimate of drug-likeness (QED) is 0.755. The normalized spacial score (nSPS) is 23.9. The van der Waals surface area contributed by atoms with Crippen LogP contribution in [-0.4, -0.2) is 41.5 Å². The Kier molecular flexibility index (Phi) is 3.50. The van der Waals surface area contributed by atoms with Gasteiger partial charge in [0.15, 0.2) is 6.10 Å². The lowest BCUT2D eigenvalue weighted by molar-refractivity contribution is -0.140. The Balaban J connectivity index is 2.75. The van der Waals surface area contributed by atoms with Crippen molar-refractivity contribution in [1.82, 2.24) is 4.90 Å². The number of nitrogens with zero attached hydrogens (tertiary/aromatic N) is 2. The van der Waals surface area contributed by atoms with Crippen LogP contribution in [0.4, 0.5) is 13.6 Å². The predicted octanol–water partition coefficient (Wildman–Crippen LogP) is 0.230. The van der Waals surface area contributed by atoms with Gasteiger partial charge in [0.05, 0.1) is 12.6 Å². The van der Waals surface area contributed by atoms with E-state index < -0.39 is 43.0 Å². The van der Waals surface area contributed by atoms with Gasteiger partial charge in [-0.3, -0.25) is 4.79 Å². The van der Waals surface area contributed by atoms with Gasteiger partial charge in [-0.1, -0.05) is 0 Å². The molecule has 1 heterocycles. The number of rotatable bonds is 2. The number of amides is 2. The first kappa shape index (κ1) is 13.2. The Bertz CT molecular complexity index is 380. The van der Waals surface area contributed by atoms with E-state index in [4.69, 9.17) is 11.0 Å². The van der Waals surface area contributed by atoms with E-state index >= 15 is 0 Å². The number of hydrogen-bond donors (Lipinski definition) is 1. The molecule has 1 aliphatic heterocycles. The van der Waals surface area contributed by atoms with Crippen molar-refractivity contribution in [3.8, 4) is 6.07 Å². The number of halogens is 2. The van der Waals surface area contributed by atoms with Crippen molar-refractivity contribution < 1.29 is 23.1 Å². The van der Waals surface area contributed by atoms with Crippen LogP contribution in [-0.2, 0) is 9.53 Å². The van der Waals surface area contributed by atoms with E-state index in [0.29, 0.717) is 4.90 Å². The Hall–Kier alpha value is -1.91. The van der Waals surface area contributed by atoms with Crippen molar-refractivity contribution in [2.75, 3.05) is 6.54 Å². The molecular weight excluding hydrogens is 236 g/mol. The third-order valence-corrected chi connectivity index (χ3v) is 2.34. The molecule has 0 aliphatic carbocycles. The first-order chi connectivity index (χ1) is 7.76. The van der Waals surface area contributed by atoms with Gasteiger partial charge in [0, 0.05) is 6.42 Å². The summed E-state index contributed by atoms with van der Waals surface area (Å²) in [6, 6.07) is 0.400. The van der Waals surface area contributed by atoms with Crippen LogP contribution in [0.25, 0.3) is 0 Å². The van der Waals surface area contributed by atoms with Gasteiger partial charge in [-0.2, -0.15) is 5.26 Å². The fraction of sp³-hybridized carbons (Fsp3) is 0.667. The Morgan fingerprint density at radius 2 is 2.24 bits per heavy atom. The second-order valence-electron chi connectivity index (χ2n) is 3.75. The fourth-order valence-electron chi connectivity index (χ4n) is 1.62. The monoisotopic (exact) mass is 247 g/mol. The second kappa shape index (κ2) is 4.53. The van der Waals surface area contributed by atoms with Gasteiger partial charge in [-0.15, -0.1) is 0 Å². The van der Waals surface area contributed by atoms with Crippen molar-refractivity contribution in [1.29, 1.82) is 5.26 Å². The lowest BCUT2D eigenvalue weighted by Crippen LogP contribution is -2.43. The van der Waals surface area contributed by atoms with Gasteiger partial charge in [-0.05, 0) is 6.92 Å². The molecule has 0 aromatic heterocycles. The van der Waals surface area contributed by atoms with E-state index in [9.17, 15) is 18.4 Å². The Labute approximate surface area is 95.9 Å². The predicted molar refractivity (Wildman–Crippen MR) is 50.8 cm³/mol. The highest BCUT2D eigenvalue weighted by molar-refractivity contribution is 5.83. The van der Waals surface area contributed by atoms with Gasteiger partial charge in [0.2, 0.25) is 0 Å². The van der Waals surface area contributed by atoms with Crippen LogP contribution in [0.15, 0.2) is 0 Å². The largest absolute Gasteiger partial charge is 0.437 e. The molecule has 2 unspecified atom stereocenters. The topological polar surface area (TPSA) is 96.4 Å². The van der Waals surface area contributed by atoms with Crippen LogP contribution in [0, 0.1) is 11.3 Å². The number of alkyl halides is 2. The molecule has 0 saturated carbocycles. The molecule has 1 saturated heterocycles. The SMILES string of the molecule is CC(OC(N)=O)C(=O)N1CC(F)(F)CC1C#N. The van der Waals surface area contributed by atoms with Crippen molar-refractivity contribution in [2.24, 2.45) is 5.73 Å². The first-order valence-corrected chi connectivity index (χ1v) is 4.81. The highest BCUT2D eigenvalue weighted by atomic mass is 19.3. The zero-order valence-corrected chi connectivity index (χ0v) is 9.02. The number of carbonyl (C=O) groups is 2. The summed E-state index contributed by atoms with van der Waals surface area (Å²) in [6.45, 7) is 0.356. The Morgan fingerprint density at radius 1 is 1.65 bits per heavy atom. The number of ether oxygens (including phenoxy) is 1. The zero-order chi connectivity index (χ0) is 13.2. The summed E-state index contributed by atoms with van der Waals surface area (Å²) in [6.07, 6.45) is -3.17. The maximum Gasteiger partial charge on any atom is 0.405 e. The van der Waals surface area contributed by atoms with Gasteiger partial charge >= 0.3 is 6.09 Å². The molecule has 2 atom stereocenters. The van der Waals surface area contributed by atoms with Crippen LogP contribution >= 0.6 is 0 Å². The van der Waals surface area contributed by atoms with E-state index in [2.05, 4.69) is 4.74 Å². The summed E-state index contributed by atoms with van der Waals surface area (Å²) in [7, 11) is 0. The zero-order valence-electron chi connectivity index (χ0n) is 9.02. The molecule has 2 amide bonds. The molecule has 1 rings (SSSR count). The molecule has 0 spiro atoms. The van der Waals surface area contributed by atoms with Gasteiger partial charge in [0.25, 0.3) is 11.8 Å². The highest BCUT2D eigenvalue weighted by Crippen LogP contribution is 2.32. The van der Waals surface area contributed by atoms with Crippen LogP contribution in [0.3, 0.4) is 0 Å². The van der Waals surface area contributed by atoms with Crippen LogP contribution < -0.4 is 5.73 Å². The minimum atomic E-state index is -3.09. The first-order valence-electron chi connectivity index (χ1n) is 4.81. The average Bonchev–Trinajstić information content (AvgIpc) is 2.51. The number of likely N-dealkylation sites (tertiary alicyclic amines) is 1. The molecular formula is C9H11F2N3O3. The molecule has 0 radical (unpaired) electrons. The second-order valence-corrected chi connectivity index (χ2v) is 3.75. The number of hydrogen-bond acceptors (Lipinski definition) is 4. The summed E-state index contributed by atoms with van der Waals surface area (Å²) in [5.74, 6) is -3.95. The standard InChI is InChI=1S/C9H11F2N3O3/c1-5(17-8(13)16)7(15)14-4-9(10,11)2-6(14)3-12/h5-6H,2,4H2,1H3,(H2,13,16). The van der Waals surface area contributed by atoms with Crippen molar-refractivity contribution >= 4 is 12.0 Å². The Morgan fingerprint density at radius 3 is 2.71 bits per heavy atom. The summed E-state index contributed by atoms with van der Waals surface area (Å²) >= 11 is 0. The summed E-state index contributed by atoms with van der Waals surface area (Å²) < 4.78 is 30.5. The molecule has 6 nitrogen and oxygen atoms in total. The van der Waals surface area contributed by atoms with E-state index in [-0.39, 0.29) is 0 Å². The molecule has 1 aliphatic rings. The smallest absolute Gasteiger partial charge is 0.405 e. The van der Waals surface area contributed by atoms with Crippen LogP contribution in [0.1, 0.15) is 13.3 Å². The molecule has 2 N–H and O–H groups in total. The minimum Gasteiger partial charge on any atom is -0.437 e. The van der Waals surface area contributed by atoms with E-state index in [0.717, 1.165) is 0 Å². The van der Waals surface area contributed by atoms with Gasteiger partial charge in [-0.25, -0.2) is 13.6 Å². The average molecular weight is 247 g/mol. The molecule has 0 bridgehead atoms. The summed E-state index contributed by atoms with van der Waals surface area (Å²) in [5.41, 5.74) is 4.71. The summed E-state index contributed by atoms with van der Waals surface area (Å²) in [4.78, 5) is 22.8. The van der Waals surface area contributed by atoms with E-state index in [1.54, 1.807) is 6.07 Å². The number of primary amides is 1. The maximum atomic E-state index is 13.0. The molecule has 0 aromatic carbocycles. The third-order valence-electron chi connectivity index (χ3n) is 2.34. The molecule has 17 heavy (non-hydrogen) atoms. The minimum absolute atomic E-state index is 0.702. The van der Waals surface area contributed by atoms with E-state index in [1.165, 1.54) is 6.92 Å². The summed E-state index contributed by atoms with van der Waals surface area (Å²) in [5, 5.41) is 8.67. The third kappa shape index (κ3) is 3.03. The molecule has 0 aromatic rings. The lowest BCUT2D eigenvalue weighted by Gasteiger charge is -2.22. The van der Waals surface area contributed by atoms with Crippen molar-refractivity contribution in [2.45, 2.75) is 31.4 Å². The van der Waals surface area contributed by atoms with Crippen molar-refractivity contribution in [3.63, 3.8) is 0 Å².